The molecule has 0 radical (unpaired) electrons. The van der Waals surface area contributed by atoms with Crippen LogP contribution in [0.4, 0.5) is 0 Å². The fourth-order valence-corrected chi connectivity index (χ4v) is 4.66. The average molecular weight is 341 g/mol. The summed E-state index contributed by atoms with van der Waals surface area (Å²) in [5, 5.41) is 0. The molecule has 0 aliphatic heterocycles. The van der Waals surface area contributed by atoms with Crippen molar-refractivity contribution in [2.24, 2.45) is 17.8 Å². The zero-order valence-electron chi connectivity index (χ0n) is 12.2. The van der Waals surface area contributed by atoms with Gasteiger partial charge in [0.25, 0.3) is 0 Å². The van der Waals surface area contributed by atoms with Crippen molar-refractivity contribution in [3.05, 3.63) is 71.3 Å². The van der Waals surface area contributed by atoms with Gasteiger partial charge < -0.3 is 0 Å². The Kier molecular flexibility index (Phi) is 3.62. The molecule has 108 valence electrons. The highest BCUT2D eigenvalue weighted by molar-refractivity contribution is 9.09. The maximum absolute atomic E-state index is 3.95. The smallest absolute Gasteiger partial charge is 0.0423 e. The van der Waals surface area contributed by atoms with Crippen molar-refractivity contribution in [2.75, 3.05) is 0 Å². The van der Waals surface area contributed by atoms with Crippen LogP contribution in [0.25, 0.3) is 0 Å². The largest absolute Gasteiger partial charge is 0.0836 e. The topological polar surface area (TPSA) is 0 Å². The van der Waals surface area contributed by atoms with Gasteiger partial charge in [-0.1, -0.05) is 70.5 Å². The van der Waals surface area contributed by atoms with E-state index in [4.69, 9.17) is 0 Å². The molecule has 2 aliphatic rings. The molecule has 0 nitrogen and oxygen atoms in total. The summed E-state index contributed by atoms with van der Waals surface area (Å²) in [5.41, 5.74) is 4.24. The molecule has 2 saturated carbocycles. The van der Waals surface area contributed by atoms with Gasteiger partial charge in [-0.05, 0) is 60.1 Å². The molecule has 2 aromatic carbocycles. The van der Waals surface area contributed by atoms with Crippen LogP contribution >= 0.6 is 15.9 Å². The van der Waals surface area contributed by atoms with Crippen LogP contribution in [0.15, 0.2) is 54.6 Å². The molecule has 0 amide bonds. The van der Waals surface area contributed by atoms with Gasteiger partial charge in [-0.2, -0.15) is 0 Å². The van der Waals surface area contributed by atoms with Crippen LogP contribution in [0.1, 0.15) is 40.8 Å². The SMILES string of the molecule is BrC(c1ccc(Cc2ccccc2)cc1)C1CC2CC2C1. The molecule has 0 heterocycles. The quantitative estimate of drug-likeness (QED) is 0.620. The Bertz CT molecular complexity index is 591. The number of alkyl halides is 1. The average Bonchev–Trinajstić information content (AvgIpc) is 3.14. The molecule has 0 N–H and O–H groups in total. The van der Waals surface area contributed by atoms with Gasteiger partial charge in [0.1, 0.15) is 0 Å². The lowest BCUT2D eigenvalue weighted by Crippen LogP contribution is -2.05. The summed E-state index contributed by atoms with van der Waals surface area (Å²) in [6, 6.07) is 19.9. The molecule has 2 aromatic rings. The van der Waals surface area contributed by atoms with Gasteiger partial charge in [0.2, 0.25) is 0 Å². The number of fused-ring (bicyclic) bond motifs is 1. The van der Waals surface area contributed by atoms with E-state index in [0.29, 0.717) is 4.83 Å². The van der Waals surface area contributed by atoms with Crippen molar-refractivity contribution in [2.45, 2.75) is 30.5 Å². The lowest BCUT2D eigenvalue weighted by atomic mass is 9.93. The lowest BCUT2D eigenvalue weighted by molar-refractivity contribution is 0.482. The van der Waals surface area contributed by atoms with Crippen LogP contribution in [0.5, 0.6) is 0 Å². The Labute approximate surface area is 135 Å². The van der Waals surface area contributed by atoms with Crippen molar-refractivity contribution in [1.82, 2.24) is 0 Å². The third-order valence-corrected chi connectivity index (χ3v) is 6.52. The van der Waals surface area contributed by atoms with E-state index < -0.39 is 0 Å². The number of benzene rings is 2. The highest BCUT2D eigenvalue weighted by Crippen LogP contribution is 2.58. The van der Waals surface area contributed by atoms with Gasteiger partial charge in [-0.15, -0.1) is 0 Å². The van der Waals surface area contributed by atoms with E-state index in [-0.39, 0.29) is 0 Å². The minimum absolute atomic E-state index is 0.552. The van der Waals surface area contributed by atoms with Gasteiger partial charge in [-0.3, -0.25) is 0 Å². The zero-order valence-corrected chi connectivity index (χ0v) is 13.8. The van der Waals surface area contributed by atoms with Gasteiger partial charge in [0.05, 0.1) is 0 Å². The highest BCUT2D eigenvalue weighted by Gasteiger charge is 2.47. The van der Waals surface area contributed by atoms with Crippen molar-refractivity contribution in [1.29, 1.82) is 0 Å². The summed E-state index contributed by atoms with van der Waals surface area (Å²) in [5.74, 6) is 2.98. The van der Waals surface area contributed by atoms with Crippen molar-refractivity contribution in [3.8, 4) is 0 Å². The molecule has 0 saturated heterocycles. The third-order valence-electron chi connectivity index (χ3n) is 5.24. The highest BCUT2D eigenvalue weighted by atomic mass is 79.9. The van der Waals surface area contributed by atoms with E-state index in [1.165, 1.54) is 36.0 Å². The second-order valence-electron chi connectivity index (χ2n) is 6.79. The Balaban J connectivity index is 1.43. The first-order chi connectivity index (χ1) is 10.3. The van der Waals surface area contributed by atoms with Crippen LogP contribution in [0.3, 0.4) is 0 Å². The summed E-state index contributed by atoms with van der Waals surface area (Å²) < 4.78 is 0. The number of rotatable bonds is 4. The van der Waals surface area contributed by atoms with Gasteiger partial charge in [0, 0.05) is 4.83 Å². The standard InChI is InChI=1S/C20H21Br/c21-20(19-12-17-11-18(17)13-19)16-8-6-15(7-9-16)10-14-4-2-1-3-5-14/h1-9,17-20H,10-13H2. The number of hydrogen-bond donors (Lipinski definition) is 0. The molecule has 4 rings (SSSR count). The van der Waals surface area contributed by atoms with Gasteiger partial charge in [-0.25, -0.2) is 0 Å². The molecule has 21 heavy (non-hydrogen) atoms. The predicted octanol–water partition coefficient (Wildman–Crippen LogP) is 5.76. The van der Waals surface area contributed by atoms with E-state index in [1.54, 1.807) is 0 Å². The molecule has 0 aromatic heterocycles. The Morgan fingerprint density at radius 3 is 2.10 bits per heavy atom. The van der Waals surface area contributed by atoms with E-state index in [1.807, 2.05) is 0 Å². The summed E-state index contributed by atoms with van der Waals surface area (Å²) in [6.45, 7) is 0. The summed E-state index contributed by atoms with van der Waals surface area (Å²) in [7, 11) is 0. The van der Waals surface area contributed by atoms with Crippen LogP contribution in [-0.2, 0) is 6.42 Å². The first-order valence-electron chi connectivity index (χ1n) is 8.06. The van der Waals surface area contributed by atoms with Crippen molar-refractivity contribution < 1.29 is 0 Å². The lowest BCUT2D eigenvalue weighted by Gasteiger charge is -2.19. The first kappa shape index (κ1) is 13.6. The van der Waals surface area contributed by atoms with Gasteiger partial charge in [0.15, 0.2) is 0 Å². The van der Waals surface area contributed by atoms with E-state index in [9.17, 15) is 0 Å². The van der Waals surface area contributed by atoms with E-state index >= 15 is 0 Å². The normalized spacial score (nSPS) is 28.1. The third kappa shape index (κ3) is 2.94. The second kappa shape index (κ2) is 5.61. The van der Waals surface area contributed by atoms with Crippen molar-refractivity contribution >= 4 is 15.9 Å². The maximum atomic E-state index is 3.95. The molecule has 0 bridgehead atoms. The van der Waals surface area contributed by atoms with Crippen LogP contribution in [-0.4, -0.2) is 0 Å². The zero-order chi connectivity index (χ0) is 14.2. The monoisotopic (exact) mass is 340 g/mol. The minimum Gasteiger partial charge on any atom is -0.0836 e. The molecule has 2 aliphatic carbocycles. The fourth-order valence-electron chi connectivity index (χ4n) is 3.92. The fraction of sp³-hybridized carbons (Fsp3) is 0.400. The molecule has 1 heteroatoms. The molecule has 3 atom stereocenters. The molecule has 0 spiro atoms. The minimum atomic E-state index is 0.552. The number of halogens is 1. The van der Waals surface area contributed by atoms with Crippen LogP contribution in [0, 0.1) is 17.8 Å². The molecule has 3 unspecified atom stereocenters. The Morgan fingerprint density at radius 2 is 1.43 bits per heavy atom. The van der Waals surface area contributed by atoms with Gasteiger partial charge >= 0.3 is 0 Å². The maximum Gasteiger partial charge on any atom is 0.0423 e. The van der Waals surface area contributed by atoms with Crippen LogP contribution < -0.4 is 0 Å². The summed E-state index contributed by atoms with van der Waals surface area (Å²) in [4.78, 5) is 0.552. The molecular formula is C20H21Br. The molecule has 2 fully saturated rings. The van der Waals surface area contributed by atoms with E-state index in [2.05, 4.69) is 70.5 Å². The second-order valence-corrected chi connectivity index (χ2v) is 7.78. The van der Waals surface area contributed by atoms with Crippen molar-refractivity contribution in [3.63, 3.8) is 0 Å². The number of hydrogen-bond acceptors (Lipinski definition) is 0. The van der Waals surface area contributed by atoms with E-state index in [0.717, 1.165) is 24.2 Å². The van der Waals surface area contributed by atoms with Crippen LogP contribution in [0.2, 0.25) is 0 Å². The molecular weight excluding hydrogens is 320 g/mol. The summed E-state index contributed by atoms with van der Waals surface area (Å²) in [6.07, 6.45) is 5.41. The first-order valence-corrected chi connectivity index (χ1v) is 8.98. The Morgan fingerprint density at radius 1 is 0.810 bits per heavy atom. The predicted molar refractivity (Wildman–Crippen MR) is 91.7 cm³/mol. The summed E-state index contributed by atoms with van der Waals surface area (Å²) >= 11 is 3.95. The Hall–Kier alpha value is -1.08.